The zero-order valence-electron chi connectivity index (χ0n) is 20.7. The van der Waals surface area contributed by atoms with Crippen molar-refractivity contribution in [3.05, 3.63) is 35.0 Å². The van der Waals surface area contributed by atoms with E-state index >= 15 is 0 Å². The SMILES string of the molecule is Nc1ncnc2c1ncn2[C@@H]1O[C@H](COP(=O)(O)O[C@@H]2[C@H](O)[C@@H](CO)O[C@H]2C2N=Nc3c2nc[nH]c3=O)[C@@H](O)[C@H]1O. The third-order valence-corrected chi connectivity index (χ3v) is 7.92. The fourth-order valence-corrected chi connectivity index (χ4v) is 5.86. The number of fused-ring (bicyclic) bond motifs is 2. The number of aromatic nitrogens is 6. The number of phosphoric ester groups is 1. The lowest BCUT2D eigenvalue weighted by molar-refractivity contribution is -0.0563. The van der Waals surface area contributed by atoms with Gasteiger partial charge in [-0.25, -0.2) is 24.5 Å². The number of H-pyrrole nitrogens is 1. The first-order valence-electron chi connectivity index (χ1n) is 12.1. The van der Waals surface area contributed by atoms with E-state index in [1.54, 1.807) is 0 Å². The predicted molar refractivity (Wildman–Crippen MR) is 130 cm³/mol. The summed E-state index contributed by atoms with van der Waals surface area (Å²) in [6.07, 6.45) is -7.76. The molecule has 6 rings (SSSR count). The molecule has 0 aliphatic carbocycles. The van der Waals surface area contributed by atoms with E-state index in [4.69, 9.17) is 24.3 Å². The highest BCUT2D eigenvalue weighted by atomic mass is 31.2. The number of aromatic amines is 1. The van der Waals surface area contributed by atoms with Crippen molar-refractivity contribution in [3.63, 3.8) is 0 Å². The highest BCUT2D eigenvalue weighted by Crippen LogP contribution is 2.50. The maximum Gasteiger partial charge on any atom is 0.472 e. The summed E-state index contributed by atoms with van der Waals surface area (Å²) in [5.41, 5.74) is 5.63. The van der Waals surface area contributed by atoms with E-state index in [1.165, 1.54) is 17.2 Å². The molecule has 0 bridgehead atoms. The maximum atomic E-state index is 12.9. The molecule has 2 unspecified atom stereocenters. The van der Waals surface area contributed by atoms with Crippen LogP contribution in [0.1, 0.15) is 18.0 Å². The number of nitrogens with zero attached hydrogens (tertiary/aromatic N) is 7. The summed E-state index contributed by atoms with van der Waals surface area (Å²) in [5.74, 6) is 0.0880. The summed E-state index contributed by atoms with van der Waals surface area (Å²) in [4.78, 5) is 40.9. The van der Waals surface area contributed by atoms with Gasteiger partial charge in [-0.1, -0.05) is 0 Å². The first-order chi connectivity index (χ1) is 19.6. The van der Waals surface area contributed by atoms with Gasteiger partial charge in [0.05, 0.1) is 25.9 Å². The third kappa shape index (κ3) is 4.83. The monoisotopic (exact) mass is 597 g/mol. The largest absolute Gasteiger partial charge is 0.472 e. The number of nitrogens with one attached hydrogen (secondary N) is 1. The fourth-order valence-electron chi connectivity index (χ4n) is 4.91. The molecule has 0 spiro atoms. The quantitative estimate of drug-likeness (QED) is 0.133. The van der Waals surface area contributed by atoms with E-state index < -0.39 is 81.6 Å². The van der Waals surface area contributed by atoms with Crippen molar-refractivity contribution in [2.45, 2.75) is 55.0 Å². The lowest BCUT2D eigenvalue weighted by Gasteiger charge is -2.25. The molecule has 0 aromatic carbocycles. The van der Waals surface area contributed by atoms with Crippen LogP contribution in [0.5, 0.6) is 0 Å². The summed E-state index contributed by atoms with van der Waals surface area (Å²) >= 11 is 0. The molecule has 0 amide bonds. The molecule has 21 heteroatoms. The number of phosphoric acid groups is 1. The Labute approximate surface area is 228 Å². The molecular weight excluding hydrogens is 573 g/mol. The zero-order valence-corrected chi connectivity index (χ0v) is 21.6. The van der Waals surface area contributed by atoms with Crippen LogP contribution in [0.25, 0.3) is 11.2 Å². The summed E-state index contributed by atoms with van der Waals surface area (Å²) < 4.78 is 35.9. The van der Waals surface area contributed by atoms with Gasteiger partial charge in [0.15, 0.2) is 23.4 Å². The Hall–Kier alpha value is -3.30. The van der Waals surface area contributed by atoms with Crippen LogP contribution in [0, 0.1) is 0 Å². The Morgan fingerprint density at radius 2 is 1.90 bits per heavy atom. The van der Waals surface area contributed by atoms with Crippen molar-refractivity contribution in [2.24, 2.45) is 10.2 Å². The number of aliphatic hydroxyl groups is 4. The van der Waals surface area contributed by atoms with Gasteiger partial charge in [-0.3, -0.25) is 18.4 Å². The van der Waals surface area contributed by atoms with E-state index in [9.17, 15) is 34.7 Å². The molecule has 8 N–H and O–H groups in total. The van der Waals surface area contributed by atoms with E-state index in [1.807, 2.05) is 0 Å². The molecule has 220 valence electrons. The first kappa shape index (κ1) is 27.8. The van der Waals surface area contributed by atoms with Crippen LogP contribution in [0.4, 0.5) is 11.5 Å². The van der Waals surface area contributed by atoms with Crippen LogP contribution in [-0.2, 0) is 23.1 Å². The van der Waals surface area contributed by atoms with Gasteiger partial charge in [0.25, 0.3) is 5.56 Å². The number of ether oxygens (including phenoxy) is 2. The van der Waals surface area contributed by atoms with Gasteiger partial charge < -0.3 is 45.5 Å². The second-order valence-electron chi connectivity index (χ2n) is 9.40. The first-order valence-corrected chi connectivity index (χ1v) is 13.6. The minimum Gasteiger partial charge on any atom is -0.394 e. The van der Waals surface area contributed by atoms with Crippen LogP contribution in [0.15, 0.2) is 34.0 Å². The van der Waals surface area contributed by atoms with Crippen molar-refractivity contribution in [1.82, 2.24) is 29.5 Å². The van der Waals surface area contributed by atoms with Gasteiger partial charge in [-0.2, -0.15) is 5.11 Å². The molecular formula is C20H24N9O11P. The molecule has 2 fully saturated rings. The van der Waals surface area contributed by atoms with E-state index in [0.717, 1.165) is 6.33 Å². The van der Waals surface area contributed by atoms with Gasteiger partial charge in [0, 0.05) is 0 Å². The normalized spacial score (nSPS) is 34.3. The second kappa shape index (κ2) is 10.5. The predicted octanol–water partition coefficient (Wildman–Crippen LogP) is -2.43. The summed E-state index contributed by atoms with van der Waals surface area (Å²) in [6, 6.07) is -1.11. The van der Waals surface area contributed by atoms with Crippen LogP contribution in [0.2, 0.25) is 0 Å². The smallest absolute Gasteiger partial charge is 0.394 e. The van der Waals surface area contributed by atoms with E-state index in [-0.39, 0.29) is 28.4 Å². The highest BCUT2D eigenvalue weighted by Gasteiger charge is 2.53. The topological polar surface area (TPSA) is 295 Å². The Balaban J connectivity index is 1.16. The molecule has 2 saturated heterocycles. The number of hydrogen-bond donors (Lipinski definition) is 7. The molecule has 0 saturated carbocycles. The molecule has 3 aromatic rings. The van der Waals surface area contributed by atoms with Gasteiger partial charge >= 0.3 is 7.82 Å². The summed E-state index contributed by atoms with van der Waals surface area (Å²) in [5, 5.41) is 49.1. The summed E-state index contributed by atoms with van der Waals surface area (Å²) in [6.45, 7) is -1.40. The van der Waals surface area contributed by atoms with Crippen LogP contribution in [0.3, 0.4) is 0 Å². The molecule has 3 aliphatic heterocycles. The van der Waals surface area contributed by atoms with Gasteiger partial charge in [-0.15, -0.1) is 5.11 Å². The van der Waals surface area contributed by atoms with Crippen molar-refractivity contribution in [1.29, 1.82) is 0 Å². The van der Waals surface area contributed by atoms with Crippen molar-refractivity contribution in [3.8, 4) is 0 Å². The fraction of sp³-hybridized carbons (Fsp3) is 0.550. The molecule has 10 atom stereocenters. The molecule has 20 nitrogen and oxygen atoms in total. The van der Waals surface area contributed by atoms with E-state index in [0.29, 0.717) is 0 Å². The molecule has 6 heterocycles. The van der Waals surface area contributed by atoms with Crippen LogP contribution >= 0.6 is 7.82 Å². The second-order valence-corrected chi connectivity index (χ2v) is 10.8. The number of nitrogens with two attached hydrogens (primary N) is 1. The average molecular weight is 597 g/mol. The van der Waals surface area contributed by atoms with Crippen molar-refractivity contribution >= 4 is 30.5 Å². The number of aliphatic hydroxyl groups excluding tert-OH is 4. The Morgan fingerprint density at radius 3 is 2.68 bits per heavy atom. The summed E-state index contributed by atoms with van der Waals surface area (Å²) in [7, 11) is -5.02. The molecule has 3 aliphatic rings. The van der Waals surface area contributed by atoms with Gasteiger partial charge in [0.1, 0.15) is 66.3 Å². The number of hydrogen-bond acceptors (Lipinski definition) is 17. The minimum atomic E-state index is -5.02. The van der Waals surface area contributed by atoms with E-state index in [2.05, 4.69) is 35.1 Å². The Morgan fingerprint density at radius 1 is 1.10 bits per heavy atom. The number of rotatable bonds is 8. The number of nitrogen functional groups attached to an aromatic ring is 1. The Kier molecular flexibility index (Phi) is 7.14. The van der Waals surface area contributed by atoms with Crippen molar-refractivity contribution in [2.75, 3.05) is 18.9 Å². The third-order valence-electron chi connectivity index (χ3n) is 6.94. The molecule has 41 heavy (non-hydrogen) atoms. The maximum absolute atomic E-state index is 12.9. The standard InChI is InChI=1S/C20H24N9O11P/c21-17-11-18(24-4-23-17)29(5-26-11)20-14(33)12(31)7(39-20)2-37-41(35,36)40-16-13(32)6(1-30)38-15(16)9-8-10(28-27-9)19(34)25-3-22-8/h3-7,9,12-16,20,30-33H,1-2H2,(H,35,36)(H2,21,23,24)(H,22,25,34)/t6-,7-,9?,12-,13-,14-,15+,16-,20-/m1/s1. The zero-order chi connectivity index (χ0) is 29.1. The van der Waals surface area contributed by atoms with Crippen LogP contribution < -0.4 is 11.3 Å². The van der Waals surface area contributed by atoms with Gasteiger partial charge in [0.2, 0.25) is 0 Å². The minimum absolute atomic E-state index is 0.0772. The van der Waals surface area contributed by atoms with Crippen molar-refractivity contribution < 1.29 is 48.4 Å². The lowest BCUT2D eigenvalue weighted by atomic mass is 10.0. The number of anilines is 1. The molecule has 0 radical (unpaired) electrons. The van der Waals surface area contributed by atoms with Crippen LogP contribution in [-0.4, -0.2) is 111 Å². The average Bonchev–Trinajstić information content (AvgIpc) is 3.70. The number of azo groups is 1. The van der Waals surface area contributed by atoms with Gasteiger partial charge in [-0.05, 0) is 0 Å². The Bertz CT molecular complexity index is 1590. The number of imidazole rings is 1. The molecule has 3 aromatic heterocycles. The highest BCUT2D eigenvalue weighted by molar-refractivity contribution is 7.47. The lowest BCUT2D eigenvalue weighted by Crippen LogP contribution is -2.38.